The minimum atomic E-state index is 0.791. The SMILES string of the molecule is CCCOCCCOCCC[N]CCCOCCCOCCC. The summed E-state index contributed by atoms with van der Waals surface area (Å²) in [5.74, 6) is 0. The van der Waals surface area contributed by atoms with Gasteiger partial charge >= 0.3 is 0 Å². The molecule has 0 saturated heterocycles. The quantitative estimate of drug-likeness (QED) is 0.322. The molecule has 0 aliphatic heterocycles. The van der Waals surface area contributed by atoms with Crippen molar-refractivity contribution in [2.45, 2.75) is 52.4 Å². The summed E-state index contributed by atoms with van der Waals surface area (Å²) in [5.41, 5.74) is 0. The van der Waals surface area contributed by atoms with E-state index in [-0.39, 0.29) is 0 Å². The van der Waals surface area contributed by atoms with Crippen molar-refractivity contribution >= 4 is 0 Å². The zero-order valence-corrected chi connectivity index (χ0v) is 15.4. The van der Waals surface area contributed by atoms with E-state index in [1.54, 1.807) is 0 Å². The second kappa shape index (κ2) is 21.8. The van der Waals surface area contributed by atoms with Gasteiger partial charge in [0.05, 0.1) is 0 Å². The highest BCUT2D eigenvalue weighted by molar-refractivity contribution is 4.48. The second-order valence-corrected chi connectivity index (χ2v) is 5.53. The van der Waals surface area contributed by atoms with Crippen LogP contribution in [0, 0.1) is 0 Å². The van der Waals surface area contributed by atoms with Crippen LogP contribution >= 0.6 is 0 Å². The van der Waals surface area contributed by atoms with E-state index in [1.165, 1.54) is 0 Å². The second-order valence-electron chi connectivity index (χ2n) is 5.53. The van der Waals surface area contributed by atoms with E-state index in [2.05, 4.69) is 19.2 Å². The van der Waals surface area contributed by atoms with Gasteiger partial charge in [-0.05, 0) is 38.5 Å². The molecule has 0 aromatic carbocycles. The highest BCUT2D eigenvalue weighted by Crippen LogP contribution is 1.91. The Morgan fingerprint density at radius 3 is 1.22 bits per heavy atom. The molecule has 23 heavy (non-hydrogen) atoms. The number of hydrogen-bond donors (Lipinski definition) is 0. The molecule has 0 aliphatic carbocycles. The van der Waals surface area contributed by atoms with E-state index in [1.807, 2.05) is 0 Å². The van der Waals surface area contributed by atoms with Crippen molar-refractivity contribution in [2.75, 3.05) is 65.9 Å². The van der Waals surface area contributed by atoms with Gasteiger partial charge in [-0.1, -0.05) is 13.8 Å². The summed E-state index contributed by atoms with van der Waals surface area (Å²) in [5, 5.41) is 4.48. The summed E-state index contributed by atoms with van der Waals surface area (Å²) in [6, 6.07) is 0. The molecule has 139 valence electrons. The predicted molar refractivity (Wildman–Crippen MR) is 94.2 cm³/mol. The van der Waals surface area contributed by atoms with Crippen molar-refractivity contribution in [3.8, 4) is 0 Å². The van der Waals surface area contributed by atoms with Gasteiger partial charge in [0.15, 0.2) is 0 Å². The fourth-order valence-corrected chi connectivity index (χ4v) is 1.89. The Kier molecular flexibility index (Phi) is 21.6. The third-order valence-electron chi connectivity index (χ3n) is 3.06. The Hall–Kier alpha value is -0.200. The van der Waals surface area contributed by atoms with Crippen molar-refractivity contribution in [3.63, 3.8) is 0 Å². The summed E-state index contributed by atoms with van der Waals surface area (Å²) < 4.78 is 21.9. The first-order valence-corrected chi connectivity index (χ1v) is 9.36. The normalized spacial score (nSPS) is 11.2. The maximum atomic E-state index is 5.54. The van der Waals surface area contributed by atoms with E-state index in [4.69, 9.17) is 18.9 Å². The summed E-state index contributed by atoms with van der Waals surface area (Å²) in [6.07, 6.45) is 6.15. The Morgan fingerprint density at radius 1 is 0.478 bits per heavy atom. The fraction of sp³-hybridized carbons (Fsp3) is 1.00. The Morgan fingerprint density at radius 2 is 0.826 bits per heavy atom. The standard InChI is InChI=1S/C18H38NO4/c1-3-11-20-15-7-17-22-13-5-9-19-10-6-14-23-18-8-16-21-12-4-2/h3-18H2,1-2H3. The van der Waals surface area contributed by atoms with Crippen LogP contribution in [0.25, 0.3) is 0 Å². The van der Waals surface area contributed by atoms with Crippen LogP contribution in [0.1, 0.15) is 52.4 Å². The molecule has 0 aromatic rings. The number of ether oxygens (including phenoxy) is 4. The van der Waals surface area contributed by atoms with Crippen LogP contribution in [-0.4, -0.2) is 65.9 Å². The van der Waals surface area contributed by atoms with Crippen LogP contribution in [0.3, 0.4) is 0 Å². The summed E-state index contributed by atoms with van der Waals surface area (Å²) >= 11 is 0. The van der Waals surface area contributed by atoms with Gasteiger partial charge in [-0.25, -0.2) is 5.32 Å². The topological polar surface area (TPSA) is 51.0 Å². The van der Waals surface area contributed by atoms with Gasteiger partial charge in [0.1, 0.15) is 0 Å². The Bertz CT molecular complexity index is 185. The van der Waals surface area contributed by atoms with Gasteiger partial charge in [0.2, 0.25) is 0 Å². The van der Waals surface area contributed by atoms with Gasteiger partial charge in [-0.3, -0.25) is 0 Å². The number of rotatable bonds is 20. The number of nitrogens with zero attached hydrogens (tertiary/aromatic N) is 1. The minimum Gasteiger partial charge on any atom is -0.381 e. The van der Waals surface area contributed by atoms with Crippen LogP contribution in [0.15, 0.2) is 0 Å². The van der Waals surface area contributed by atoms with Crippen LogP contribution < -0.4 is 5.32 Å². The minimum absolute atomic E-state index is 0.791. The molecule has 0 rings (SSSR count). The summed E-state index contributed by atoms with van der Waals surface area (Å²) in [4.78, 5) is 0. The Labute approximate surface area is 143 Å². The smallest absolute Gasteiger partial charge is 0.0487 e. The average Bonchev–Trinajstić information content (AvgIpc) is 2.57. The molecule has 0 amide bonds. The van der Waals surface area contributed by atoms with Gasteiger partial charge in [-0.15, -0.1) is 0 Å². The van der Waals surface area contributed by atoms with Gasteiger partial charge in [-0.2, -0.15) is 0 Å². The molecule has 5 nitrogen and oxygen atoms in total. The van der Waals surface area contributed by atoms with E-state index in [0.29, 0.717) is 0 Å². The molecule has 0 atom stereocenters. The van der Waals surface area contributed by atoms with Crippen molar-refractivity contribution in [1.29, 1.82) is 0 Å². The lowest BCUT2D eigenvalue weighted by molar-refractivity contribution is 0.0803. The zero-order chi connectivity index (χ0) is 16.8. The molecule has 0 heterocycles. The lowest BCUT2D eigenvalue weighted by atomic mass is 10.4. The lowest BCUT2D eigenvalue weighted by Gasteiger charge is -2.06. The van der Waals surface area contributed by atoms with Crippen LogP contribution in [0.2, 0.25) is 0 Å². The van der Waals surface area contributed by atoms with Gasteiger partial charge in [0.25, 0.3) is 0 Å². The van der Waals surface area contributed by atoms with Crippen molar-refractivity contribution < 1.29 is 18.9 Å². The van der Waals surface area contributed by atoms with Crippen molar-refractivity contribution in [3.05, 3.63) is 0 Å². The van der Waals surface area contributed by atoms with Crippen LogP contribution in [-0.2, 0) is 18.9 Å². The third kappa shape index (κ3) is 21.8. The number of hydrogen-bond acceptors (Lipinski definition) is 4. The van der Waals surface area contributed by atoms with E-state index in [9.17, 15) is 0 Å². The molecule has 0 bridgehead atoms. The van der Waals surface area contributed by atoms with Crippen molar-refractivity contribution in [2.24, 2.45) is 0 Å². The molecule has 0 saturated carbocycles. The molecule has 5 heteroatoms. The molecule has 0 fully saturated rings. The van der Waals surface area contributed by atoms with Gasteiger partial charge < -0.3 is 18.9 Å². The van der Waals surface area contributed by atoms with Gasteiger partial charge in [0, 0.05) is 65.9 Å². The highest BCUT2D eigenvalue weighted by atomic mass is 16.5. The summed E-state index contributed by atoms with van der Waals surface area (Å²) in [7, 11) is 0. The molecule has 0 spiro atoms. The first-order valence-electron chi connectivity index (χ1n) is 9.36. The molecule has 0 unspecified atom stereocenters. The predicted octanol–water partition coefficient (Wildman–Crippen LogP) is 3.04. The largest absolute Gasteiger partial charge is 0.381 e. The van der Waals surface area contributed by atoms with Crippen LogP contribution in [0.5, 0.6) is 0 Å². The maximum Gasteiger partial charge on any atom is 0.0487 e. The lowest BCUT2D eigenvalue weighted by Crippen LogP contribution is -2.13. The first kappa shape index (κ1) is 22.8. The molecule has 1 radical (unpaired) electrons. The summed E-state index contributed by atoms with van der Waals surface area (Å²) in [6.45, 7) is 12.5. The third-order valence-corrected chi connectivity index (χ3v) is 3.06. The zero-order valence-electron chi connectivity index (χ0n) is 15.4. The van der Waals surface area contributed by atoms with Crippen LogP contribution in [0.4, 0.5) is 0 Å². The van der Waals surface area contributed by atoms with E-state index >= 15 is 0 Å². The average molecular weight is 333 g/mol. The Balaban J connectivity index is 2.92. The molecule has 0 N–H and O–H groups in total. The first-order chi connectivity index (χ1) is 11.4. The highest BCUT2D eigenvalue weighted by Gasteiger charge is 1.94. The maximum absolute atomic E-state index is 5.54. The fourth-order valence-electron chi connectivity index (χ4n) is 1.89. The molecular formula is C18H38NO4. The molecule has 0 aliphatic rings. The molecule has 0 aromatic heterocycles. The molecular weight excluding hydrogens is 294 g/mol. The van der Waals surface area contributed by atoms with E-state index < -0.39 is 0 Å². The monoisotopic (exact) mass is 332 g/mol. The van der Waals surface area contributed by atoms with E-state index in [0.717, 1.165) is 104 Å². The van der Waals surface area contributed by atoms with Crippen molar-refractivity contribution in [1.82, 2.24) is 5.32 Å².